The zero-order valence-corrected chi connectivity index (χ0v) is 55.4. The Kier molecular flexibility index (Phi) is 23.0. The van der Waals surface area contributed by atoms with E-state index in [1.807, 2.05) is 0 Å². The van der Waals surface area contributed by atoms with Gasteiger partial charge < -0.3 is 138 Å². The van der Waals surface area contributed by atoms with Crippen LogP contribution in [0.1, 0.15) is 84.8 Å². The van der Waals surface area contributed by atoms with Crippen LogP contribution in [0.2, 0.25) is 10.0 Å². The summed E-state index contributed by atoms with van der Waals surface area (Å²) in [5, 5.41) is 152. The Morgan fingerprint density at radius 3 is 1.80 bits per heavy atom. The number of aliphatic carboxylic acids is 1. The molecule has 23 N–H and O–H groups in total. The summed E-state index contributed by atoms with van der Waals surface area (Å²) in [5.74, 6) is -16.5. The Balaban J connectivity index is 1.20. The van der Waals surface area contributed by atoms with E-state index in [2.05, 4.69) is 37.2 Å². The molecule has 5 aromatic rings. The second kappa shape index (κ2) is 31.1. The van der Waals surface area contributed by atoms with Crippen molar-refractivity contribution in [3.8, 4) is 57.1 Å². The first kappa shape index (κ1) is 75.4. The van der Waals surface area contributed by atoms with Gasteiger partial charge in [0.15, 0.2) is 23.8 Å². The number of fused-ring (bicyclic) bond motifs is 15. The zero-order chi connectivity index (χ0) is 74.2. The van der Waals surface area contributed by atoms with Gasteiger partial charge in [-0.1, -0.05) is 55.2 Å². The van der Waals surface area contributed by atoms with E-state index in [-0.39, 0.29) is 34.8 Å². The zero-order valence-electron chi connectivity index (χ0n) is 53.9. The Bertz CT molecular complexity index is 4080. The Hall–Kier alpha value is -9.28. The molecule has 0 radical (unpaired) electrons. The number of aliphatic hydroxyl groups excluding tert-OH is 8. The Morgan fingerprint density at radius 2 is 1.22 bits per heavy atom. The lowest BCUT2D eigenvalue weighted by Gasteiger charge is -2.46. The fraction of sp³-hybridized carbons (Fsp3) is 0.415. The normalized spacial score (nSPS) is 29.3. The molecular weight excluding hydrogens is 1390 g/mol. The van der Waals surface area contributed by atoms with E-state index in [0.29, 0.717) is 0 Å². The molecule has 35 nitrogen and oxygen atoms in total. The van der Waals surface area contributed by atoms with Crippen molar-refractivity contribution in [3.63, 3.8) is 0 Å². The van der Waals surface area contributed by atoms with Crippen LogP contribution in [-0.2, 0) is 52.6 Å². The minimum atomic E-state index is -2.38. The van der Waals surface area contributed by atoms with Gasteiger partial charge in [-0.15, -0.1) is 0 Å². The summed E-state index contributed by atoms with van der Waals surface area (Å²) in [7, 11) is 1.46. The smallest absolute Gasteiger partial charge is 0.330 e. The molecule has 0 aliphatic carbocycles. The maximum atomic E-state index is 15.9. The predicted molar refractivity (Wildman–Crippen MR) is 347 cm³/mol. The summed E-state index contributed by atoms with van der Waals surface area (Å²) >= 11 is 14.0. The van der Waals surface area contributed by atoms with Crippen LogP contribution < -0.4 is 62.9 Å². The molecule has 11 bridgehead atoms. The molecule has 5 aromatic carbocycles. The first-order chi connectivity index (χ1) is 48.3. The van der Waals surface area contributed by atoms with Crippen LogP contribution in [0.5, 0.6) is 46.0 Å². The Morgan fingerprint density at radius 1 is 0.627 bits per heavy atom. The number of primary amides is 1. The van der Waals surface area contributed by atoms with Crippen molar-refractivity contribution in [1.82, 2.24) is 37.2 Å². The maximum absolute atomic E-state index is 15.9. The third-order valence-electron chi connectivity index (χ3n) is 17.6. The van der Waals surface area contributed by atoms with E-state index in [0.717, 1.165) is 72.8 Å². The number of likely N-dealkylation sites (N-methyl/N-ethyl adjacent to an activating group) is 1. The molecule has 0 aromatic heterocycles. The molecule has 0 unspecified atom stereocenters. The van der Waals surface area contributed by atoms with E-state index in [4.69, 9.17) is 63.1 Å². The van der Waals surface area contributed by atoms with Crippen LogP contribution in [-0.4, -0.2) is 214 Å². The number of hydrogen-bond acceptors (Lipinski definition) is 27. The number of nitrogens with one attached hydrogen (secondary N) is 7. The number of amides is 7. The number of aromatic hydroxyl groups is 3. The van der Waals surface area contributed by atoms with Crippen LogP contribution in [0.25, 0.3) is 11.1 Å². The number of carboxylic acids is 1. The second-order valence-corrected chi connectivity index (χ2v) is 25.9. The number of rotatable bonds is 14. The van der Waals surface area contributed by atoms with Crippen molar-refractivity contribution in [2.45, 2.75) is 143 Å². The number of carboxylic acid groups (broad SMARTS) is 1. The van der Waals surface area contributed by atoms with Gasteiger partial charge in [-0.3, -0.25) is 33.6 Å². The molecule has 0 saturated carbocycles. The summed E-state index contributed by atoms with van der Waals surface area (Å²) < 4.78 is 36.9. The molecular formula is C65H73Cl2N9O26. The number of benzene rings is 5. The average molecular weight is 1470 g/mol. The number of ether oxygens (including phenoxy) is 6. The van der Waals surface area contributed by atoms with Gasteiger partial charge in [0.05, 0.1) is 29.1 Å². The number of halogens is 2. The van der Waals surface area contributed by atoms with Crippen LogP contribution in [0, 0.1) is 5.92 Å². The molecule has 7 aliphatic heterocycles. The first-order valence-electron chi connectivity index (χ1n) is 31.5. The standard InChI is InChI=1S/C65H73Cl2N9O26/c1-21(2)10-31(70-3)57(89)75-46-48(82)23-5-8-35(29(66)12-23)97-37-14-25-15-38(55(37)101-65-54(88)52(86)56(40(20-77)100-65)102-64-53(87)51(85)50(84)39(19-68)99-64)98-36-9-6-24(13-30(36)67)49(83)47-62(94)74-45(63(95)96)28-16-26(78)17-34(80)42(28)27-11-22(4-7-33(27)79)43(59(91)76-47)73-60(92)44(25)72-58(90)32(18-41(69)81)71-61(46)93/h4-9,11-17,21,31-32,39-40,43-54,56,64-65,70,77-80,82-88H,10,18-20,68H2,1-3H3,(H2,69,81)(H,71,93)(H,72,90)(H,73,92)(H,74,94)(H,75,89)(H,76,91)(H,95,96)/t31-,32+,39-,40-,43-,44-,45+,46-,47+,48-,49-,50+,51+,52-,53-,54-,56-,64+,65+/m1/s1. The van der Waals surface area contributed by atoms with Crippen LogP contribution in [0.4, 0.5) is 0 Å². The first-order valence-corrected chi connectivity index (χ1v) is 32.3. The Labute approximate surface area is 587 Å². The van der Waals surface area contributed by atoms with E-state index in [1.54, 1.807) is 13.8 Å². The molecule has 37 heteroatoms. The van der Waals surface area contributed by atoms with Crippen molar-refractivity contribution in [2.24, 2.45) is 17.4 Å². The largest absolute Gasteiger partial charge is 0.508 e. The van der Waals surface area contributed by atoms with Crippen LogP contribution in [0.15, 0.2) is 78.9 Å². The summed E-state index contributed by atoms with van der Waals surface area (Å²) in [6.07, 6.45) is -24.5. The predicted octanol–water partition coefficient (Wildman–Crippen LogP) is -2.34. The molecule has 548 valence electrons. The van der Waals surface area contributed by atoms with Crippen molar-refractivity contribution >= 4 is 70.5 Å². The van der Waals surface area contributed by atoms with Crippen molar-refractivity contribution in [1.29, 1.82) is 0 Å². The van der Waals surface area contributed by atoms with Crippen LogP contribution in [0.3, 0.4) is 0 Å². The summed E-state index contributed by atoms with van der Waals surface area (Å²) in [5.41, 5.74) is 8.43. The second-order valence-electron chi connectivity index (χ2n) is 25.0. The van der Waals surface area contributed by atoms with E-state index in [1.165, 1.54) is 13.1 Å². The van der Waals surface area contributed by atoms with Gasteiger partial charge in [0, 0.05) is 29.3 Å². The molecule has 2 fully saturated rings. The molecule has 12 rings (SSSR count). The lowest BCUT2D eigenvalue weighted by atomic mass is 9.89. The van der Waals surface area contributed by atoms with Gasteiger partial charge >= 0.3 is 5.97 Å². The number of carbonyl (C=O) groups excluding carboxylic acids is 7. The SMILES string of the molecule is CN[C@H](CC(C)C)C(=O)N[C@H]1C(=O)N[C@@H](CC(N)=O)C(=O)N[C@H]2C(=O)N[C@H]3C(=O)N[C@H](C(=O)N[C@H](C(=O)O)c4cc(O)cc(O)c4-c4cc3ccc4O)[C@H](O)c3ccc(c(Cl)c3)Oc3cc2cc(c3O[C@@H]2O[C@H](CO)[C@@H](O[C@@H]3O[C@H](CN)[C@H](O)[C@H](O)[C@H]3O)[C@H](O)[C@H]2O)Oc2ccc(cc2Cl)[C@H]1O. The fourth-order valence-corrected chi connectivity index (χ4v) is 12.7. The van der Waals surface area contributed by atoms with Gasteiger partial charge in [0.25, 0.3) is 0 Å². The quantitative estimate of drug-likeness (QED) is 0.0554. The lowest BCUT2D eigenvalue weighted by Crippen LogP contribution is -2.65. The highest BCUT2D eigenvalue weighted by molar-refractivity contribution is 6.32. The van der Waals surface area contributed by atoms with E-state index >= 15 is 14.4 Å². The molecule has 0 spiro atoms. The fourth-order valence-electron chi connectivity index (χ4n) is 12.3. The molecule has 7 heterocycles. The van der Waals surface area contributed by atoms with Crippen molar-refractivity contribution < 1.29 is 128 Å². The molecule has 7 aliphatic rings. The van der Waals surface area contributed by atoms with Crippen LogP contribution >= 0.6 is 23.2 Å². The monoisotopic (exact) mass is 1470 g/mol. The number of hydrogen-bond donors (Lipinski definition) is 21. The van der Waals surface area contributed by atoms with Gasteiger partial charge in [0.2, 0.25) is 53.4 Å². The third-order valence-corrected chi connectivity index (χ3v) is 18.1. The molecule has 102 heavy (non-hydrogen) atoms. The maximum Gasteiger partial charge on any atom is 0.330 e. The van der Waals surface area contributed by atoms with Crippen molar-refractivity contribution in [2.75, 3.05) is 20.2 Å². The lowest BCUT2D eigenvalue weighted by molar-refractivity contribution is -0.349. The van der Waals surface area contributed by atoms with E-state index in [9.17, 15) is 85.3 Å². The number of nitrogens with two attached hydrogens (primary N) is 2. The molecule has 2 saturated heterocycles. The summed E-state index contributed by atoms with van der Waals surface area (Å²) in [6, 6.07) is -1.24. The highest BCUT2D eigenvalue weighted by Crippen LogP contribution is 2.50. The van der Waals surface area contributed by atoms with E-state index < -0.39 is 255 Å². The topological polar surface area (TPSA) is 571 Å². The van der Waals surface area contributed by atoms with Crippen molar-refractivity contribution in [3.05, 3.63) is 117 Å². The summed E-state index contributed by atoms with van der Waals surface area (Å²) in [6.45, 7) is 2.12. The summed E-state index contributed by atoms with van der Waals surface area (Å²) in [4.78, 5) is 116. The van der Waals surface area contributed by atoms with Gasteiger partial charge in [-0.05, 0) is 96.2 Å². The van der Waals surface area contributed by atoms with Gasteiger partial charge in [-0.25, -0.2) is 4.79 Å². The van der Waals surface area contributed by atoms with Gasteiger partial charge in [-0.2, -0.15) is 0 Å². The number of phenolic OH excluding ortho intramolecular Hbond substituents is 3. The van der Waals surface area contributed by atoms with Gasteiger partial charge in [0.1, 0.15) is 120 Å². The minimum absolute atomic E-state index is 0.110. The molecule has 7 amide bonds. The molecule has 19 atom stereocenters. The third kappa shape index (κ3) is 15.7. The highest BCUT2D eigenvalue weighted by atomic mass is 35.5. The number of aliphatic hydroxyl groups is 8. The number of carbonyl (C=O) groups is 8. The minimum Gasteiger partial charge on any atom is -0.508 e. The average Bonchev–Trinajstić information content (AvgIpc) is 0.769. The number of phenols is 3. The highest BCUT2D eigenvalue weighted by Gasteiger charge is 2.52.